The van der Waals surface area contributed by atoms with Gasteiger partial charge in [0.05, 0.1) is 0 Å². The summed E-state index contributed by atoms with van der Waals surface area (Å²) in [5, 5.41) is 0. The third-order valence-corrected chi connectivity index (χ3v) is 3.51. The molecule has 0 heteroatoms. The highest BCUT2D eigenvalue weighted by Crippen LogP contribution is 2.09. The molecule has 0 rings (SSSR count). The SMILES string of the molecule is [CH2]CCCCCCC/C=C\CCCCCCCC. The standard InChI is InChI=1S/C18H35/c1-3-5-7-9-11-13-15-17-18-16-14-12-10-8-6-4-2/h17-18H,1,3-16H2,2H3/b18-17-. The van der Waals surface area contributed by atoms with Crippen molar-refractivity contribution in [3.05, 3.63) is 19.1 Å². The molecule has 0 atom stereocenters. The van der Waals surface area contributed by atoms with E-state index in [9.17, 15) is 0 Å². The molecule has 0 N–H and O–H groups in total. The number of hydrogen-bond acceptors (Lipinski definition) is 0. The minimum atomic E-state index is 1.11. The maximum absolute atomic E-state index is 3.87. The van der Waals surface area contributed by atoms with Crippen molar-refractivity contribution in [3.8, 4) is 0 Å². The zero-order chi connectivity index (χ0) is 13.3. The fourth-order valence-corrected chi connectivity index (χ4v) is 2.25. The highest BCUT2D eigenvalue weighted by Gasteiger charge is 1.89. The summed E-state index contributed by atoms with van der Waals surface area (Å²) in [5.74, 6) is 0. The van der Waals surface area contributed by atoms with Crippen LogP contribution in [0.5, 0.6) is 0 Å². The molecule has 0 bridgehead atoms. The lowest BCUT2D eigenvalue weighted by Gasteiger charge is -1.98. The summed E-state index contributed by atoms with van der Waals surface area (Å²) < 4.78 is 0. The van der Waals surface area contributed by atoms with Gasteiger partial charge in [0.1, 0.15) is 0 Å². The van der Waals surface area contributed by atoms with E-state index in [1.807, 2.05) is 0 Å². The predicted molar refractivity (Wildman–Crippen MR) is 84.8 cm³/mol. The molecule has 0 aliphatic rings. The van der Waals surface area contributed by atoms with E-state index in [0.717, 1.165) is 6.42 Å². The van der Waals surface area contributed by atoms with Gasteiger partial charge < -0.3 is 0 Å². The first-order valence-corrected chi connectivity index (χ1v) is 8.36. The van der Waals surface area contributed by atoms with Crippen molar-refractivity contribution in [2.24, 2.45) is 0 Å². The largest absolute Gasteiger partial charge is 0.0885 e. The summed E-state index contributed by atoms with van der Waals surface area (Å²) >= 11 is 0. The van der Waals surface area contributed by atoms with Crippen molar-refractivity contribution >= 4 is 0 Å². The average molecular weight is 251 g/mol. The second-order valence-corrected chi connectivity index (χ2v) is 5.44. The first-order valence-electron chi connectivity index (χ1n) is 8.36. The Morgan fingerprint density at radius 3 is 1.56 bits per heavy atom. The third-order valence-electron chi connectivity index (χ3n) is 3.51. The fourth-order valence-electron chi connectivity index (χ4n) is 2.25. The van der Waals surface area contributed by atoms with Crippen LogP contribution in [0.4, 0.5) is 0 Å². The van der Waals surface area contributed by atoms with E-state index in [1.165, 1.54) is 83.5 Å². The molecule has 18 heavy (non-hydrogen) atoms. The van der Waals surface area contributed by atoms with E-state index < -0.39 is 0 Å². The Morgan fingerprint density at radius 2 is 1.06 bits per heavy atom. The summed E-state index contributed by atoms with van der Waals surface area (Å²) in [5.41, 5.74) is 0. The number of unbranched alkanes of at least 4 members (excludes halogenated alkanes) is 12. The smallest absolute Gasteiger partial charge is 0.0351 e. The summed E-state index contributed by atoms with van der Waals surface area (Å²) in [6, 6.07) is 0. The molecule has 0 amide bonds. The topological polar surface area (TPSA) is 0 Å². The zero-order valence-electron chi connectivity index (χ0n) is 12.8. The van der Waals surface area contributed by atoms with Crippen molar-refractivity contribution < 1.29 is 0 Å². The molecule has 0 aromatic rings. The number of rotatable bonds is 14. The maximum atomic E-state index is 3.87. The summed E-state index contributed by atoms with van der Waals surface area (Å²) in [6.07, 6.45) is 23.8. The average Bonchev–Trinajstić information content (AvgIpc) is 2.39. The van der Waals surface area contributed by atoms with E-state index in [0.29, 0.717) is 0 Å². The van der Waals surface area contributed by atoms with Gasteiger partial charge in [-0.2, -0.15) is 0 Å². The molecule has 0 unspecified atom stereocenters. The molecule has 0 spiro atoms. The molecule has 0 aromatic heterocycles. The van der Waals surface area contributed by atoms with Crippen molar-refractivity contribution in [1.82, 2.24) is 0 Å². The molecule has 107 valence electrons. The van der Waals surface area contributed by atoms with Gasteiger partial charge in [-0.05, 0) is 25.7 Å². The van der Waals surface area contributed by atoms with Gasteiger partial charge in [-0.1, -0.05) is 90.2 Å². The fraction of sp³-hybridized carbons (Fsp3) is 0.833. The van der Waals surface area contributed by atoms with Gasteiger partial charge in [-0.25, -0.2) is 0 Å². The lowest BCUT2D eigenvalue weighted by atomic mass is 10.1. The second-order valence-electron chi connectivity index (χ2n) is 5.44. The highest BCUT2D eigenvalue weighted by atomic mass is 14.0. The zero-order valence-corrected chi connectivity index (χ0v) is 12.8. The van der Waals surface area contributed by atoms with Crippen LogP contribution < -0.4 is 0 Å². The third kappa shape index (κ3) is 15.7. The van der Waals surface area contributed by atoms with Crippen molar-refractivity contribution in [3.63, 3.8) is 0 Å². The molecule has 1 radical (unpaired) electrons. The van der Waals surface area contributed by atoms with Crippen LogP contribution in [0.1, 0.15) is 96.8 Å². The Hall–Kier alpha value is -0.260. The van der Waals surface area contributed by atoms with E-state index >= 15 is 0 Å². The summed E-state index contributed by atoms with van der Waals surface area (Å²) in [4.78, 5) is 0. The minimum Gasteiger partial charge on any atom is -0.0885 e. The molecular weight excluding hydrogens is 216 g/mol. The Balaban J connectivity index is 3.00. The van der Waals surface area contributed by atoms with Crippen LogP contribution >= 0.6 is 0 Å². The van der Waals surface area contributed by atoms with Gasteiger partial charge in [0, 0.05) is 0 Å². The lowest BCUT2D eigenvalue weighted by molar-refractivity contribution is 0.609. The lowest BCUT2D eigenvalue weighted by Crippen LogP contribution is -1.79. The monoisotopic (exact) mass is 251 g/mol. The summed E-state index contributed by atoms with van der Waals surface area (Å²) in [7, 11) is 0. The van der Waals surface area contributed by atoms with Crippen LogP contribution in [-0.4, -0.2) is 0 Å². The first kappa shape index (κ1) is 17.7. The molecule has 0 aromatic carbocycles. The van der Waals surface area contributed by atoms with Crippen LogP contribution in [-0.2, 0) is 0 Å². The molecule has 0 heterocycles. The van der Waals surface area contributed by atoms with Gasteiger partial charge in [0.2, 0.25) is 0 Å². The first-order chi connectivity index (χ1) is 8.91. The molecule has 0 saturated carbocycles. The normalized spacial score (nSPS) is 11.4. The Labute approximate surface area is 116 Å². The Morgan fingerprint density at radius 1 is 0.611 bits per heavy atom. The molecule has 0 fully saturated rings. The second kappa shape index (κ2) is 16.7. The molecule has 0 aliphatic heterocycles. The quantitative estimate of drug-likeness (QED) is 0.234. The predicted octanol–water partition coefficient (Wildman–Crippen LogP) is 6.86. The van der Waals surface area contributed by atoms with Gasteiger partial charge in [-0.15, -0.1) is 0 Å². The van der Waals surface area contributed by atoms with Crippen LogP contribution in [0.3, 0.4) is 0 Å². The van der Waals surface area contributed by atoms with Gasteiger partial charge in [-0.3, -0.25) is 0 Å². The summed E-state index contributed by atoms with van der Waals surface area (Å²) in [6.45, 7) is 6.15. The van der Waals surface area contributed by atoms with E-state index in [-0.39, 0.29) is 0 Å². The molecule has 0 aliphatic carbocycles. The van der Waals surface area contributed by atoms with Crippen molar-refractivity contribution in [1.29, 1.82) is 0 Å². The van der Waals surface area contributed by atoms with Crippen LogP contribution in [0, 0.1) is 6.92 Å². The molecule has 0 saturated heterocycles. The Kier molecular flexibility index (Phi) is 16.5. The van der Waals surface area contributed by atoms with Crippen molar-refractivity contribution in [2.45, 2.75) is 96.8 Å². The highest BCUT2D eigenvalue weighted by molar-refractivity contribution is 4.81. The Bertz CT molecular complexity index is 139. The number of hydrogen-bond donors (Lipinski definition) is 0. The molecule has 0 nitrogen and oxygen atoms in total. The van der Waals surface area contributed by atoms with Gasteiger partial charge >= 0.3 is 0 Å². The van der Waals surface area contributed by atoms with Gasteiger partial charge in [0.15, 0.2) is 0 Å². The van der Waals surface area contributed by atoms with E-state index in [2.05, 4.69) is 26.0 Å². The maximum Gasteiger partial charge on any atom is -0.0351 e. The van der Waals surface area contributed by atoms with Crippen LogP contribution in [0.2, 0.25) is 0 Å². The van der Waals surface area contributed by atoms with Crippen LogP contribution in [0.15, 0.2) is 12.2 Å². The van der Waals surface area contributed by atoms with E-state index in [1.54, 1.807) is 0 Å². The minimum absolute atomic E-state index is 1.11. The molecular formula is C18H35. The van der Waals surface area contributed by atoms with Gasteiger partial charge in [0.25, 0.3) is 0 Å². The number of allylic oxidation sites excluding steroid dienone is 2. The van der Waals surface area contributed by atoms with Crippen LogP contribution in [0.25, 0.3) is 0 Å². The van der Waals surface area contributed by atoms with Crippen molar-refractivity contribution in [2.75, 3.05) is 0 Å². The van der Waals surface area contributed by atoms with E-state index in [4.69, 9.17) is 0 Å².